The highest BCUT2D eigenvalue weighted by molar-refractivity contribution is 6.16. The Bertz CT molecular complexity index is 2040. The van der Waals surface area contributed by atoms with E-state index >= 15 is 0 Å². The molecule has 39 heavy (non-hydrogen) atoms. The van der Waals surface area contributed by atoms with Gasteiger partial charge in [0.2, 0.25) is 0 Å². The lowest BCUT2D eigenvalue weighted by Crippen LogP contribution is -2.18. The number of nitrogens with zero attached hydrogens (tertiary/aromatic N) is 2. The molecule has 0 aliphatic carbocycles. The van der Waals surface area contributed by atoms with Crippen LogP contribution in [-0.4, -0.2) is 10.8 Å². The lowest BCUT2D eigenvalue weighted by atomic mass is 9.93. The monoisotopic (exact) mass is 502 g/mol. The van der Waals surface area contributed by atoms with E-state index in [4.69, 9.17) is 16.5 Å². The summed E-state index contributed by atoms with van der Waals surface area (Å²) < 4.78 is 0. The SMILES string of the molecule is N/C(=N\C(N)c1ccc(-c2c3ccccc3nc3c2ccc2ccccc23)cc1)c1ccc2ccccc2c1. The van der Waals surface area contributed by atoms with Crippen molar-refractivity contribution in [3.05, 3.63) is 139 Å². The Morgan fingerprint density at radius 2 is 1.28 bits per heavy atom. The van der Waals surface area contributed by atoms with Gasteiger partial charge in [0.1, 0.15) is 12.0 Å². The van der Waals surface area contributed by atoms with Crippen molar-refractivity contribution in [2.45, 2.75) is 6.17 Å². The standard InChI is InChI=1S/C35H26N4/c36-34(39-35(37)27-18-13-22-7-1-2-9-26(22)21-27)25-16-14-24(15-17-25)32-29-11-5-6-12-31(29)38-33-28-10-4-3-8-23(28)19-20-30(32)33/h1-21,34H,36H2,(H2,37,39). The number of aromatic nitrogens is 1. The Morgan fingerprint density at radius 1 is 0.615 bits per heavy atom. The number of nitrogens with two attached hydrogens (primary N) is 2. The topological polar surface area (TPSA) is 77.3 Å². The van der Waals surface area contributed by atoms with Crippen LogP contribution in [0.15, 0.2) is 132 Å². The Balaban J connectivity index is 1.29. The van der Waals surface area contributed by atoms with E-state index in [1.807, 2.05) is 42.5 Å². The third kappa shape index (κ3) is 4.08. The van der Waals surface area contributed by atoms with E-state index in [0.717, 1.165) is 54.7 Å². The van der Waals surface area contributed by atoms with Crippen molar-refractivity contribution in [3.8, 4) is 11.1 Å². The van der Waals surface area contributed by atoms with Crippen LogP contribution in [0, 0.1) is 0 Å². The van der Waals surface area contributed by atoms with Crippen LogP contribution in [0.1, 0.15) is 17.3 Å². The quantitative estimate of drug-likeness (QED) is 0.112. The molecule has 0 aliphatic rings. The number of rotatable bonds is 4. The highest BCUT2D eigenvalue weighted by atomic mass is 15.0. The summed E-state index contributed by atoms with van der Waals surface area (Å²) in [6.07, 6.45) is -0.569. The van der Waals surface area contributed by atoms with Crippen LogP contribution in [0.2, 0.25) is 0 Å². The predicted molar refractivity (Wildman–Crippen MR) is 164 cm³/mol. The zero-order valence-corrected chi connectivity index (χ0v) is 21.3. The number of fused-ring (bicyclic) bond motifs is 5. The molecule has 0 bridgehead atoms. The van der Waals surface area contributed by atoms with Gasteiger partial charge in [0.25, 0.3) is 0 Å². The van der Waals surface area contributed by atoms with Gasteiger partial charge in [-0.3, -0.25) is 0 Å². The summed E-state index contributed by atoms with van der Waals surface area (Å²) >= 11 is 0. The zero-order valence-electron chi connectivity index (χ0n) is 21.3. The first kappa shape index (κ1) is 23.1. The van der Waals surface area contributed by atoms with Gasteiger partial charge < -0.3 is 11.5 Å². The second-order valence-electron chi connectivity index (χ2n) is 9.83. The maximum absolute atomic E-state index is 6.50. The molecule has 7 aromatic rings. The first-order chi connectivity index (χ1) is 19.2. The molecule has 0 fully saturated rings. The van der Waals surface area contributed by atoms with Gasteiger partial charge in [-0.15, -0.1) is 0 Å². The number of para-hydroxylation sites is 1. The summed E-state index contributed by atoms with van der Waals surface area (Å²) in [5.74, 6) is 0.426. The summed E-state index contributed by atoms with van der Waals surface area (Å²) in [7, 11) is 0. The molecule has 186 valence electrons. The minimum Gasteiger partial charge on any atom is -0.383 e. The average molecular weight is 503 g/mol. The Kier molecular flexibility index (Phi) is 5.54. The fourth-order valence-corrected chi connectivity index (χ4v) is 5.43. The largest absolute Gasteiger partial charge is 0.383 e. The Hall–Kier alpha value is -5.06. The number of aliphatic imine (C=N–C) groups is 1. The molecule has 4 nitrogen and oxygen atoms in total. The van der Waals surface area contributed by atoms with E-state index in [-0.39, 0.29) is 0 Å². The highest BCUT2D eigenvalue weighted by Gasteiger charge is 2.14. The summed E-state index contributed by atoms with van der Waals surface area (Å²) in [5, 5.41) is 6.87. The smallest absolute Gasteiger partial charge is 0.127 e. The number of pyridine rings is 1. The van der Waals surface area contributed by atoms with E-state index in [2.05, 4.69) is 89.9 Å². The zero-order chi connectivity index (χ0) is 26.3. The molecule has 0 radical (unpaired) electrons. The summed E-state index contributed by atoms with van der Waals surface area (Å²) in [5.41, 5.74) is 18.9. The molecule has 1 unspecified atom stereocenters. The lowest BCUT2D eigenvalue weighted by Gasteiger charge is -2.14. The van der Waals surface area contributed by atoms with Crippen LogP contribution in [0.3, 0.4) is 0 Å². The maximum atomic E-state index is 6.50. The van der Waals surface area contributed by atoms with E-state index < -0.39 is 6.17 Å². The van der Waals surface area contributed by atoms with Crippen LogP contribution in [0.25, 0.3) is 54.5 Å². The molecule has 7 rings (SSSR count). The predicted octanol–water partition coefficient (Wildman–Crippen LogP) is 7.72. The van der Waals surface area contributed by atoms with Gasteiger partial charge in [-0.05, 0) is 39.4 Å². The van der Waals surface area contributed by atoms with Crippen molar-refractivity contribution in [2.75, 3.05) is 0 Å². The average Bonchev–Trinajstić information content (AvgIpc) is 2.99. The first-order valence-corrected chi connectivity index (χ1v) is 13.0. The fraction of sp³-hybridized carbons (Fsp3) is 0.0286. The number of hydrogen-bond donors (Lipinski definition) is 2. The highest BCUT2D eigenvalue weighted by Crippen LogP contribution is 2.37. The van der Waals surface area contributed by atoms with Crippen LogP contribution in [-0.2, 0) is 0 Å². The van der Waals surface area contributed by atoms with Crippen LogP contribution in [0.4, 0.5) is 0 Å². The van der Waals surface area contributed by atoms with Crippen molar-refractivity contribution >= 4 is 49.2 Å². The second-order valence-corrected chi connectivity index (χ2v) is 9.83. The molecule has 4 N–H and O–H groups in total. The molecule has 0 spiro atoms. The van der Waals surface area contributed by atoms with Crippen molar-refractivity contribution in [1.82, 2.24) is 4.98 Å². The van der Waals surface area contributed by atoms with Crippen molar-refractivity contribution in [2.24, 2.45) is 16.5 Å². The molecule has 4 heteroatoms. The molecule has 0 saturated heterocycles. The molecule has 0 saturated carbocycles. The van der Waals surface area contributed by atoms with E-state index in [1.54, 1.807) is 0 Å². The number of hydrogen-bond acceptors (Lipinski definition) is 3. The minimum atomic E-state index is -0.569. The molecule has 1 atom stereocenters. The van der Waals surface area contributed by atoms with Gasteiger partial charge in [-0.1, -0.05) is 115 Å². The summed E-state index contributed by atoms with van der Waals surface area (Å²) in [6.45, 7) is 0. The van der Waals surface area contributed by atoms with Crippen molar-refractivity contribution < 1.29 is 0 Å². The summed E-state index contributed by atoms with van der Waals surface area (Å²) in [4.78, 5) is 9.69. The van der Waals surface area contributed by atoms with Gasteiger partial charge in [0.05, 0.1) is 11.0 Å². The molecular weight excluding hydrogens is 476 g/mol. The van der Waals surface area contributed by atoms with Crippen molar-refractivity contribution in [1.29, 1.82) is 0 Å². The number of benzene rings is 6. The third-order valence-electron chi connectivity index (χ3n) is 7.44. The van der Waals surface area contributed by atoms with E-state index in [1.165, 1.54) is 10.9 Å². The van der Waals surface area contributed by atoms with Gasteiger partial charge in [0, 0.05) is 27.3 Å². The van der Waals surface area contributed by atoms with Gasteiger partial charge >= 0.3 is 0 Å². The third-order valence-corrected chi connectivity index (χ3v) is 7.44. The first-order valence-electron chi connectivity index (χ1n) is 13.0. The Morgan fingerprint density at radius 3 is 2.10 bits per heavy atom. The molecule has 1 aromatic heterocycles. The normalized spacial score (nSPS) is 12.9. The molecule has 1 heterocycles. The van der Waals surface area contributed by atoms with Crippen LogP contribution >= 0.6 is 0 Å². The van der Waals surface area contributed by atoms with Crippen molar-refractivity contribution in [3.63, 3.8) is 0 Å². The maximum Gasteiger partial charge on any atom is 0.127 e. The minimum absolute atomic E-state index is 0.426. The Labute approximate surface area is 226 Å². The fourth-order valence-electron chi connectivity index (χ4n) is 5.43. The molecular formula is C35H26N4. The van der Waals surface area contributed by atoms with Gasteiger partial charge in [0.15, 0.2) is 0 Å². The molecule has 0 amide bonds. The summed E-state index contributed by atoms with van der Waals surface area (Å²) in [6, 6.07) is 43.7. The van der Waals surface area contributed by atoms with Crippen LogP contribution in [0.5, 0.6) is 0 Å². The second kappa shape index (κ2) is 9.35. The molecule has 0 aliphatic heterocycles. The van der Waals surface area contributed by atoms with Gasteiger partial charge in [-0.2, -0.15) is 0 Å². The van der Waals surface area contributed by atoms with E-state index in [0.29, 0.717) is 5.84 Å². The van der Waals surface area contributed by atoms with E-state index in [9.17, 15) is 0 Å². The number of amidine groups is 1. The lowest BCUT2D eigenvalue weighted by molar-refractivity contribution is 0.775. The molecule has 6 aromatic carbocycles. The van der Waals surface area contributed by atoms with Crippen LogP contribution < -0.4 is 11.5 Å². The van der Waals surface area contributed by atoms with Gasteiger partial charge in [-0.25, -0.2) is 9.98 Å².